The standard InChI is InChI=1S/C15H23N3O2/c1-11(14-8-13(19)2-3-15(14)20)18-9-12(10-18)17-6-4-16-5-7-17/h2-3,8,11-12,16,19-20H,4-7,9-10H2,1H3. The number of nitrogens with one attached hydrogen (secondary N) is 1. The third kappa shape index (κ3) is 2.61. The van der Waals surface area contributed by atoms with Crippen LogP contribution in [0.1, 0.15) is 18.5 Å². The molecule has 0 aliphatic carbocycles. The molecule has 5 heteroatoms. The lowest BCUT2D eigenvalue weighted by Gasteiger charge is -2.49. The zero-order valence-corrected chi connectivity index (χ0v) is 11.9. The van der Waals surface area contributed by atoms with Gasteiger partial charge in [0.2, 0.25) is 0 Å². The summed E-state index contributed by atoms with van der Waals surface area (Å²) in [6, 6.07) is 5.53. The highest BCUT2D eigenvalue weighted by Gasteiger charge is 2.35. The Morgan fingerprint density at radius 3 is 2.60 bits per heavy atom. The Kier molecular flexibility index (Phi) is 3.83. The molecule has 1 aromatic carbocycles. The fraction of sp³-hybridized carbons (Fsp3) is 0.600. The second-order valence-corrected chi connectivity index (χ2v) is 5.81. The summed E-state index contributed by atoms with van der Waals surface area (Å²) in [5.41, 5.74) is 0.809. The zero-order chi connectivity index (χ0) is 14.1. The summed E-state index contributed by atoms with van der Waals surface area (Å²) in [4.78, 5) is 4.89. The first-order valence-corrected chi connectivity index (χ1v) is 7.36. The average Bonchev–Trinajstić information content (AvgIpc) is 2.41. The van der Waals surface area contributed by atoms with Gasteiger partial charge in [0.15, 0.2) is 0 Å². The van der Waals surface area contributed by atoms with Crippen LogP contribution in [-0.2, 0) is 0 Å². The van der Waals surface area contributed by atoms with Crippen LogP contribution in [0.25, 0.3) is 0 Å². The van der Waals surface area contributed by atoms with Crippen molar-refractivity contribution in [1.29, 1.82) is 0 Å². The molecule has 0 radical (unpaired) electrons. The number of piperazine rings is 1. The van der Waals surface area contributed by atoms with E-state index in [-0.39, 0.29) is 17.5 Å². The molecule has 2 heterocycles. The first-order chi connectivity index (χ1) is 9.65. The van der Waals surface area contributed by atoms with Crippen molar-refractivity contribution in [3.8, 4) is 11.5 Å². The lowest BCUT2D eigenvalue weighted by molar-refractivity contribution is 0.00293. The van der Waals surface area contributed by atoms with Gasteiger partial charge in [-0.05, 0) is 25.1 Å². The van der Waals surface area contributed by atoms with Crippen molar-refractivity contribution in [2.45, 2.75) is 19.0 Å². The highest BCUT2D eigenvalue weighted by molar-refractivity contribution is 5.40. The van der Waals surface area contributed by atoms with Crippen molar-refractivity contribution in [1.82, 2.24) is 15.1 Å². The molecule has 0 saturated carbocycles. The van der Waals surface area contributed by atoms with Gasteiger partial charge in [-0.2, -0.15) is 0 Å². The number of phenolic OH excluding ortho intramolecular Hbond substituents is 2. The smallest absolute Gasteiger partial charge is 0.120 e. The Morgan fingerprint density at radius 2 is 1.90 bits per heavy atom. The zero-order valence-electron chi connectivity index (χ0n) is 11.9. The number of rotatable bonds is 3. The normalized spacial score (nSPS) is 23.4. The van der Waals surface area contributed by atoms with Crippen LogP contribution < -0.4 is 5.32 Å². The number of hydrogen-bond acceptors (Lipinski definition) is 5. The van der Waals surface area contributed by atoms with Crippen LogP contribution in [0.4, 0.5) is 0 Å². The molecule has 0 spiro atoms. The van der Waals surface area contributed by atoms with E-state index >= 15 is 0 Å². The van der Waals surface area contributed by atoms with Gasteiger partial charge in [-0.1, -0.05) is 0 Å². The molecule has 1 unspecified atom stereocenters. The van der Waals surface area contributed by atoms with Crippen LogP contribution in [0.5, 0.6) is 11.5 Å². The summed E-state index contributed by atoms with van der Waals surface area (Å²) in [5, 5.41) is 22.9. The molecule has 20 heavy (non-hydrogen) atoms. The second-order valence-electron chi connectivity index (χ2n) is 5.81. The molecule has 2 aliphatic heterocycles. The van der Waals surface area contributed by atoms with Crippen LogP contribution >= 0.6 is 0 Å². The third-order valence-corrected chi connectivity index (χ3v) is 4.57. The molecule has 3 rings (SSSR count). The summed E-state index contributed by atoms with van der Waals surface area (Å²) in [5.74, 6) is 0.477. The minimum absolute atomic E-state index is 0.140. The van der Waals surface area contributed by atoms with Gasteiger partial charge < -0.3 is 15.5 Å². The van der Waals surface area contributed by atoms with Gasteiger partial charge in [-0.25, -0.2) is 0 Å². The lowest BCUT2D eigenvalue weighted by Crippen LogP contribution is -2.62. The second kappa shape index (κ2) is 5.60. The van der Waals surface area contributed by atoms with E-state index in [1.807, 2.05) is 0 Å². The number of nitrogens with zero attached hydrogens (tertiary/aromatic N) is 2. The highest BCUT2D eigenvalue weighted by atomic mass is 16.3. The molecule has 2 saturated heterocycles. The summed E-state index contributed by atoms with van der Waals surface area (Å²) in [7, 11) is 0. The van der Waals surface area contributed by atoms with Gasteiger partial charge in [0.1, 0.15) is 11.5 Å². The van der Waals surface area contributed by atoms with Crippen molar-refractivity contribution in [3.05, 3.63) is 23.8 Å². The third-order valence-electron chi connectivity index (χ3n) is 4.57. The summed E-state index contributed by atoms with van der Waals surface area (Å²) < 4.78 is 0. The van der Waals surface area contributed by atoms with E-state index in [2.05, 4.69) is 22.0 Å². The van der Waals surface area contributed by atoms with Gasteiger partial charge in [0.25, 0.3) is 0 Å². The molecule has 0 amide bonds. The van der Waals surface area contributed by atoms with E-state index in [4.69, 9.17) is 0 Å². The Morgan fingerprint density at radius 1 is 1.20 bits per heavy atom. The van der Waals surface area contributed by atoms with E-state index in [9.17, 15) is 10.2 Å². The van der Waals surface area contributed by atoms with Crippen LogP contribution in [0.3, 0.4) is 0 Å². The Bertz CT molecular complexity index is 468. The van der Waals surface area contributed by atoms with Crippen LogP contribution in [-0.4, -0.2) is 65.3 Å². The molecule has 2 fully saturated rings. The minimum atomic E-state index is 0.140. The predicted molar refractivity (Wildman–Crippen MR) is 78.0 cm³/mol. The SMILES string of the molecule is CC(c1cc(O)ccc1O)N1CC(N2CCNCC2)C1. The maximum Gasteiger partial charge on any atom is 0.120 e. The van der Waals surface area contributed by atoms with Crippen molar-refractivity contribution >= 4 is 0 Å². The van der Waals surface area contributed by atoms with E-state index < -0.39 is 0 Å². The molecule has 5 nitrogen and oxygen atoms in total. The lowest BCUT2D eigenvalue weighted by atomic mass is 9.98. The van der Waals surface area contributed by atoms with Crippen LogP contribution in [0.2, 0.25) is 0 Å². The average molecular weight is 277 g/mol. The van der Waals surface area contributed by atoms with Crippen molar-refractivity contribution in [2.75, 3.05) is 39.3 Å². The molecule has 0 aromatic heterocycles. The Hall–Kier alpha value is -1.30. The molecule has 1 aromatic rings. The monoisotopic (exact) mass is 277 g/mol. The van der Waals surface area contributed by atoms with E-state index in [1.165, 1.54) is 6.07 Å². The van der Waals surface area contributed by atoms with Crippen LogP contribution in [0, 0.1) is 0 Å². The molecular weight excluding hydrogens is 254 g/mol. The predicted octanol–water partition coefficient (Wildman–Crippen LogP) is 0.748. The minimum Gasteiger partial charge on any atom is -0.508 e. The topological polar surface area (TPSA) is 59.0 Å². The van der Waals surface area contributed by atoms with Crippen LogP contribution in [0.15, 0.2) is 18.2 Å². The maximum atomic E-state index is 9.93. The van der Waals surface area contributed by atoms with Gasteiger partial charge in [-0.15, -0.1) is 0 Å². The number of aromatic hydroxyl groups is 2. The van der Waals surface area contributed by atoms with Gasteiger partial charge in [-0.3, -0.25) is 9.80 Å². The van der Waals surface area contributed by atoms with E-state index in [0.29, 0.717) is 6.04 Å². The first-order valence-electron chi connectivity index (χ1n) is 7.36. The quantitative estimate of drug-likeness (QED) is 0.712. The van der Waals surface area contributed by atoms with Gasteiger partial charge in [0.05, 0.1) is 0 Å². The number of hydrogen-bond donors (Lipinski definition) is 3. The number of likely N-dealkylation sites (tertiary alicyclic amines) is 1. The number of benzene rings is 1. The summed E-state index contributed by atoms with van der Waals surface area (Å²) >= 11 is 0. The fourth-order valence-corrected chi connectivity index (χ4v) is 3.16. The molecule has 110 valence electrons. The molecule has 1 atom stereocenters. The molecule has 3 N–H and O–H groups in total. The van der Waals surface area contributed by atoms with Crippen molar-refractivity contribution in [3.63, 3.8) is 0 Å². The maximum absolute atomic E-state index is 9.93. The molecule has 2 aliphatic rings. The van der Waals surface area contributed by atoms with E-state index in [1.54, 1.807) is 12.1 Å². The van der Waals surface area contributed by atoms with E-state index in [0.717, 1.165) is 44.8 Å². The van der Waals surface area contributed by atoms with Crippen molar-refractivity contribution < 1.29 is 10.2 Å². The first kappa shape index (κ1) is 13.7. The van der Waals surface area contributed by atoms with Gasteiger partial charge >= 0.3 is 0 Å². The fourth-order valence-electron chi connectivity index (χ4n) is 3.16. The summed E-state index contributed by atoms with van der Waals surface area (Å²) in [6.07, 6.45) is 0. The largest absolute Gasteiger partial charge is 0.508 e. The Balaban J connectivity index is 1.60. The molecular formula is C15H23N3O2. The van der Waals surface area contributed by atoms with Gasteiger partial charge in [0, 0.05) is 56.9 Å². The Labute approximate surface area is 119 Å². The van der Waals surface area contributed by atoms with Crippen molar-refractivity contribution in [2.24, 2.45) is 0 Å². The highest BCUT2D eigenvalue weighted by Crippen LogP contribution is 2.34. The molecule has 0 bridgehead atoms. The summed E-state index contributed by atoms with van der Waals surface area (Å²) in [6.45, 7) is 8.59. The number of phenols is 2.